The Morgan fingerprint density at radius 3 is 2.70 bits per heavy atom. The first-order valence-electron chi connectivity index (χ1n) is 8.04. The van der Waals surface area contributed by atoms with Crippen LogP contribution in [0.15, 0.2) is 47.1 Å². The molecular formula is C19H16BrN3O4. The average Bonchev–Trinajstić information content (AvgIpc) is 3.09. The standard InChI is InChI=1S/C19H16BrN3O4/c1-11(17-22-15-9-14(20)10-21-18(15)23-17)27-16(24)8-5-12-3-6-13(7-4-12)19(25)26-2/h3-11H,1-2H3,(H,21,22,23)/b8-5+. The van der Waals surface area contributed by atoms with Crippen molar-refractivity contribution in [2.75, 3.05) is 7.11 Å². The fourth-order valence-corrected chi connectivity index (χ4v) is 2.70. The molecule has 0 saturated heterocycles. The largest absolute Gasteiger partial charge is 0.465 e. The summed E-state index contributed by atoms with van der Waals surface area (Å²) in [6.07, 6.45) is 4.02. The van der Waals surface area contributed by atoms with Crippen LogP contribution in [-0.2, 0) is 14.3 Å². The third-order valence-electron chi connectivity index (χ3n) is 3.74. The number of esters is 2. The van der Waals surface area contributed by atoms with Crippen LogP contribution in [0.1, 0.15) is 34.8 Å². The molecule has 2 heterocycles. The number of rotatable bonds is 5. The number of benzene rings is 1. The maximum atomic E-state index is 12.0. The molecule has 0 aliphatic rings. The molecule has 1 unspecified atom stereocenters. The van der Waals surface area contributed by atoms with E-state index in [1.807, 2.05) is 6.07 Å². The minimum absolute atomic E-state index is 0.411. The van der Waals surface area contributed by atoms with Crippen LogP contribution in [0.4, 0.5) is 0 Å². The lowest BCUT2D eigenvalue weighted by Crippen LogP contribution is -2.07. The van der Waals surface area contributed by atoms with Gasteiger partial charge < -0.3 is 14.5 Å². The zero-order valence-electron chi connectivity index (χ0n) is 14.6. The van der Waals surface area contributed by atoms with E-state index in [1.54, 1.807) is 43.5 Å². The minimum atomic E-state index is -0.558. The van der Waals surface area contributed by atoms with Crippen molar-refractivity contribution in [3.8, 4) is 0 Å². The summed E-state index contributed by atoms with van der Waals surface area (Å²) >= 11 is 3.35. The number of fused-ring (bicyclic) bond motifs is 1. The molecule has 0 aliphatic heterocycles. The van der Waals surface area contributed by atoms with Gasteiger partial charge in [0, 0.05) is 16.7 Å². The molecule has 0 saturated carbocycles. The van der Waals surface area contributed by atoms with E-state index in [1.165, 1.54) is 13.2 Å². The summed E-state index contributed by atoms with van der Waals surface area (Å²) in [4.78, 5) is 35.0. The van der Waals surface area contributed by atoms with Gasteiger partial charge in [0.25, 0.3) is 0 Å². The summed E-state index contributed by atoms with van der Waals surface area (Å²) in [6.45, 7) is 1.73. The molecule has 1 N–H and O–H groups in total. The maximum Gasteiger partial charge on any atom is 0.337 e. The van der Waals surface area contributed by atoms with E-state index in [4.69, 9.17) is 4.74 Å². The highest BCUT2D eigenvalue weighted by molar-refractivity contribution is 9.10. The third kappa shape index (κ3) is 4.59. The topological polar surface area (TPSA) is 94.2 Å². The Hall–Kier alpha value is -3.00. The van der Waals surface area contributed by atoms with Gasteiger partial charge in [-0.15, -0.1) is 0 Å². The lowest BCUT2D eigenvalue weighted by atomic mass is 10.1. The molecule has 3 aromatic rings. The van der Waals surface area contributed by atoms with Gasteiger partial charge in [-0.25, -0.2) is 19.6 Å². The van der Waals surface area contributed by atoms with Gasteiger partial charge in [-0.05, 0) is 52.7 Å². The van der Waals surface area contributed by atoms with Gasteiger partial charge in [0.2, 0.25) is 0 Å². The van der Waals surface area contributed by atoms with Gasteiger partial charge >= 0.3 is 11.9 Å². The number of nitrogens with one attached hydrogen (secondary N) is 1. The molecule has 1 atom stereocenters. The highest BCUT2D eigenvalue weighted by Gasteiger charge is 2.15. The van der Waals surface area contributed by atoms with Crippen molar-refractivity contribution >= 4 is 45.1 Å². The molecule has 1 aromatic carbocycles. The predicted molar refractivity (Wildman–Crippen MR) is 103 cm³/mol. The number of hydrogen-bond acceptors (Lipinski definition) is 6. The molecule has 0 fully saturated rings. The summed E-state index contributed by atoms with van der Waals surface area (Å²) in [6, 6.07) is 8.52. The Balaban J connectivity index is 1.63. The number of imidazole rings is 1. The highest BCUT2D eigenvalue weighted by atomic mass is 79.9. The van der Waals surface area contributed by atoms with Crippen LogP contribution < -0.4 is 0 Å². The maximum absolute atomic E-state index is 12.0. The molecule has 138 valence electrons. The summed E-state index contributed by atoms with van der Waals surface area (Å²) in [5.41, 5.74) is 2.50. The van der Waals surface area contributed by atoms with Crippen LogP contribution in [-0.4, -0.2) is 34.0 Å². The lowest BCUT2D eigenvalue weighted by molar-refractivity contribution is -0.142. The SMILES string of the molecule is COC(=O)c1ccc(/C=C/C(=O)OC(C)c2nc3ncc(Br)cc3[nH]2)cc1. The van der Waals surface area contributed by atoms with E-state index < -0.39 is 18.0 Å². The van der Waals surface area contributed by atoms with Crippen molar-refractivity contribution in [2.45, 2.75) is 13.0 Å². The second kappa shape index (κ2) is 8.13. The minimum Gasteiger partial charge on any atom is -0.465 e. The zero-order valence-corrected chi connectivity index (χ0v) is 16.2. The Labute approximate surface area is 163 Å². The number of nitrogens with zero attached hydrogens (tertiary/aromatic N) is 2. The Kier molecular flexibility index (Phi) is 5.66. The normalized spacial score (nSPS) is 12.3. The quantitative estimate of drug-likeness (QED) is 0.489. The third-order valence-corrected chi connectivity index (χ3v) is 4.18. The van der Waals surface area contributed by atoms with E-state index in [0.717, 1.165) is 15.6 Å². The Morgan fingerprint density at radius 1 is 1.26 bits per heavy atom. The molecule has 0 aliphatic carbocycles. The number of aromatic amines is 1. The van der Waals surface area contributed by atoms with Gasteiger partial charge in [0.05, 0.1) is 18.2 Å². The number of carbonyl (C=O) groups excluding carboxylic acids is 2. The molecular weight excluding hydrogens is 414 g/mol. The Bertz CT molecular complexity index is 1010. The predicted octanol–water partition coefficient (Wildman–Crippen LogP) is 3.82. The first-order valence-corrected chi connectivity index (χ1v) is 8.84. The van der Waals surface area contributed by atoms with Gasteiger partial charge in [-0.1, -0.05) is 12.1 Å². The molecule has 0 radical (unpaired) electrons. The number of halogens is 1. The zero-order chi connectivity index (χ0) is 19.4. The monoisotopic (exact) mass is 429 g/mol. The average molecular weight is 430 g/mol. The first-order chi connectivity index (χ1) is 13.0. The van der Waals surface area contributed by atoms with Crippen LogP contribution in [0.25, 0.3) is 17.2 Å². The van der Waals surface area contributed by atoms with Crippen molar-refractivity contribution in [1.82, 2.24) is 15.0 Å². The van der Waals surface area contributed by atoms with Crippen molar-refractivity contribution in [1.29, 1.82) is 0 Å². The summed E-state index contributed by atoms with van der Waals surface area (Å²) in [5.74, 6) is -0.403. The van der Waals surface area contributed by atoms with Crippen LogP contribution in [0, 0.1) is 0 Å². The number of methoxy groups -OCH3 is 1. The van der Waals surface area contributed by atoms with Crippen LogP contribution >= 0.6 is 15.9 Å². The van der Waals surface area contributed by atoms with Crippen LogP contribution in [0.2, 0.25) is 0 Å². The van der Waals surface area contributed by atoms with E-state index >= 15 is 0 Å². The second-order valence-electron chi connectivity index (χ2n) is 5.67. The summed E-state index contributed by atoms with van der Waals surface area (Å²) < 4.78 is 10.8. The second-order valence-corrected chi connectivity index (χ2v) is 6.59. The molecule has 2 aromatic heterocycles. The van der Waals surface area contributed by atoms with E-state index in [-0.39, 0.29) is 0 Å². The number of carbonyl (C=O) groups is 2. The number of H-pyrrole nitrogens is 1. The number of aromatic nitrogens is 3. The summed E-state index contributed by atoms with van der Waals surface area (Å²) in [7, 11) is 1.32. The van der Waals surface area contributed by atoms with Crippen molar-refractivity contribution in [3.63, 3.8) is 0 Å². The van der Waals surface area contributed by atoms with E-state index in [0.29, 0.717) is 17.0 Å². The Morgan fingerprint density at radius 2 is 2.00 bits per heavy atom. The van der Waals surface area contributed by atoms with E-state index in [9.17, 15) is 9.59 Å². The highest BCUT2D eigenvalue weighted by Crippen LogP contribution is 2.20. The van der Waals surface area contributed by atoms with Crippen LogP contribution in [0.5, 0.6) is 0 Å². The number of ether oxygens (including phenoxy) is 2. The van der Waals surface area contributed by atoms with Crippen molar-refractivity contribution in [3.05, 3.63) is 64.0 Å². The number of pyridine rings is 1. The van der Waals surface area contributed by atoms with E-state index in [2.05, 4.69) is 35.6 Å². The first kappa shape index (κ1) is 18.8. The van der Waals surface area contributed by atoms with Crippen molar-refractivity contribution < 1.29 is 19.1 Å². The molecule has 0 bridgehead atoms. The molecule has 27 heavy (non-hydrogen) atoms. The van der Waals surface area contributed by atoms with Gasteiger partial charge in [-0.2, -0.15) is 0 Å². The lowest BCUT2D eigenvalue weighted by Gasteiger charge is -2.08. The molecule has 7 nitrogen and oxygen atoms in total. The van der Waals surface area contributed by atoms with Gasteiger partial charge in [0.15, 0.2) is 11.8 Å². The molecule has 3 rings (SSSR count). The summed E-state index contributed by atoms with van der Waals surface area (Å²) in [5, 5.41) is 0. The van der Waals surface area contributed by atoms with Gasteiger partial charge in [-0.3, -0.25) is 0 Å². The van der Waals surface area contributed by atoms with Crippen molar-refractivity contribution in [2.24, 2.45) is 0 Å². The molecule has 0 spiro atoms. The number of hydrogen-bond donors (Lipinski definition) is 1. The smallest absolute Gasteiger partial charge is 0.337 e. The van der Waals surface area contributed by atoms with Gasteiger partial charge in [0.1, 0.15) is 5.82 Å². The van der Waals surface area contributed by atoms with Crippen LogP contribution in [0.3, 0.4) is 0 Å². The fourth-order valence-electron chi connectivity index (χ4n) is 2.37. The fraction of sp³-hybridized carbons (Fsp3) is 0.158. The molecule has 0 amide bonds. The molecule has 8 heteroatoms.